The molecule has 0 bridgehead atoms. The highest BCUT2D eigenvalue weighted by Crippen LogP contribution is 2.43. The van der Waals surface area contributed by atoms with Crippen LogP contribution in [0.2, 0.25) is 0 Å². The average molecular weight is 927 g/mol. The predicted molar refractivity (Wildman–Crippen MR) is 261 cm³/mol. The van der Waals surface area contributed by atoms with Crippen molar-refractivity contribution in [1.82, 2.24) is 0 Å². The highest BCUT2D eigenvalue weighted by Gasteiger charge is 2.28. The minimum atomic E-state index is -4.74. The first-order chi connectivity index (χ1) is 31.2. The van der Waals surface area contributed by atoms with Crippen LogP contribution in [0.3, 0.4) is 0 Å². The number of carbonyl (C=O) groups is 3. The summed E-state index contributed by atoms with van der Waals surface area (Å²) in [5.41, 5.74) is 0. The molecule has 0 aliphatic rings. The van der Waals surface area contributed by atoms with Crippen LogP contribution < -0.4 is 0 Å². The summed E-state index contributed by atoms with van der Waals surface area (Å²) in [6.07, 6.45) is 45.4. The highest BCUT2D eigenvalue weighted by atomic mass is 31.2. The van der Waals surface area contributed by atoms with Gasteiger partial charge in [0.1, 0.15) is 12.7 Å². The fourth-order valence-electron chi connectivity index (χ4n) is 7.04. The Morgan fingerprint density at radius 2 is 0.797 bits per heavy atom. The number of aliphatic hydroxyl groups excluding tert-OH is 1. The lowest BCUT2D eigenvalue weighted by atomic mass is 10.1. The molecule has 0 aliphatic carbocycles. The molecule has 0 spiro atoms. The molecule has 0 radical (unpaired) electrons. The smallest absolute Gasteiger partial charge is 0.462 e. The summed E-state index contributed by atoms with van der Waals surface area (Å²) in [4.78, 5) is 48.2. The largest absolute Gasteiger partial charge is 0.472 e. The van der Waals surface area contributed by atoms with Crippen molar-refractivity contribution in [2.24, 2.45) is 0 Å². The van der Waals surface area contributed by atoms with Crippen LogP contribution in [0.15, 0.2) is 36.5 Å². The first-order valence-electron chi connectivity index (χ1n) is 25.9. The molecule has 0 saturated heterocycles. The van der Waals surface area contributed by atoms with E-state index in [0.29, 0.717) is 19.3 Å². The van der Waals surface area contributed by atoms with E-state index >= 15 is 0 Å². The van der Waals surface area contributed by atoms with Crippen molar-refractivity contribution in [2.75, 3.05) is 26.4 Å². The van der Waals surface area contributed by atoms with E-state index in [4.69, 9.17) is 23.3 Å². The zero-order chi connectivity index (χ0) is 47.0. The Balaban J connectivity index is 4.73. The Kier molecular flexibility index (Phi) is 45.5. The van der Waals surface area contributed by atoms with Gasteiger partial charge in [-0.25, -0.2) is 4.57 Å². The number of carbonyl (C=O) groups excluding carboxylic acids is 3. The van der Waals surface area contributed by atoms with Gasteiger partial charge in [-0.05, 0) is 70.6 Å². The van der Waals surface area contributed by atoms with Gasteiger partial charge in [0.25, 0.3) is 0 Å². The van der Waals surface area contributed by atoms with Crippen molar-refractivity contribution in [3.63, 3.8) is 0 Å². The van der Waals surface area contributed by atoms with Gasteiger partial charge in [0.2, 0.25) is 0 Å². The monoisotopic (exact) mass is 927 g/mol. The van der Waals surface area contributed by atoms with Crippen molar-refractivity contribution in [3.05, 3.63) is 36.5 Å². The Morgan fingerprint density at radius 1 is 0.438 bits per heavy atom. The molecule has 0 amide bonds. The van der Waals surface area contributed by atoms with Gasteiger partial charge >= 0.3 is 25.7 Å². The molecular formula is C52H95O11P. The SMILES string of the molecule is CCC/C=C\C/C=C\CCCCCCCC(=O)OC(COC(=O)CCCCCCCCCCCCC)COP(=O)(O)OCC(CO)OC(=O)CCCCCCC/C=C\CCCCCC. The molecule has 12 heteroatoms. The quantitative estimate of drug-likeness (QED) is 0.0197. The van der Waals surface area contributed by atoms with E-state index < -0.39 is 57.8 Å². The Morgan fingerprint density at radius 3 is 1.25 bits per heavy atom. The summed E-state index contributed by atoms with van der Waals surface area (Å²) in [6.45, 7) is 4.53. The topological polar surface area (TPSA) is 155 Å². The van der Waals surface area contributed by atoms with Gasteiger partial charge in [-0.3, -0.25) is 23.4 Å². The van der Waals surface area contributed by atoms with Crippen molar-refractivity contribution < 1.29 is 52.2 Å². The van der Waals surface area contributed by atoms with E-state index in [2.05, 4.69) is 57.2 Å². The normalized spacial score (nSPS) is 13.8. The van der Waals surface area contributed by atoms with Crippen LogP contribution in [0.25, 0.3) is 0 Å². The van der Waals surface area contributed by atoms with E-state index in [9.17, 15) is 28.9 Å². The minimum Gasteiger partial charge on any atom is -0.462 e. The van der Waals surface area contributed by atoms with Crippen LogP contribution in [0, 0.1) is 0 Å². The van der Waals surface area contributed by atoms with Gasteiger partial charge in [-0.2, -0.15) is 0 Å². The standard InChI is InChI=1S/C52H95O11P/c1-4-7-10-13-16-19-22-24-27-30-33-36-39-42-51(55)62-48(44-53)46-60-64(57,58)61-47-49(45-59-50(54)41-38-35-32-29-26-21-18-15-12-9-6-3)63-52(56)43-40-37-34-31-28-25-23-20-17-14-11-8-5-2/h11,14,19-20,22-23,48-49,53H,4-10,12-13,15-18,21,24-47H2,1-3H3,(H,57,58)/b14-11-,22-19-,23-20-. The van der Waals surface area contributed by atoms with Crippen molar-refractivity contribution in [3.8, 4) is 0 Å². The molecule has 11 nitrogen and oxygen atoms in total. The van der Waals surface area contributed by atoms with Gasteiger partial charge in [0.05, 0.1) is 19.8 Å². The maximum Gasteiger partial charge on any atom is 0.472 e. The highest BCUT2D eigenvalue weighted by molar-refractivity contribution is 7.47. The van der Waals surface area contributed by atoms with Crippen LogP contribution in [0.4, 0.5) is 0 Å². The fourth-order valence-corrected chi connectivity index (χ4v) is 7.82. The number of esters is 3. The molecule has 3 atom stereocenters. The van der Waals surface area contributed by atoms with Crippen LogP contribution in [-0.4, -0.2) is 66.5 Å². The third-order valence-electron chi connectivity index (χ3n) is 11.0. The molecule has 374 valence electrons. The molecule has 0 aromatic carbocycles. The van der Waals surface area contributed by atoms with E-state index in [0.717, 1.165) is 109 Å². The maximum atomic E-state index is 12.8. The zero-order valence-electron chi connectivity index (χ0n) is 41.0. The molecule has 0 saturated carbocycles. The summed E-state index contributed by atoms with van der Waals surface area (Å²) in [5.74, 6) is -1.48. The van der Waals surface area contributed by atoms with Crippen molar-refractivity contribution >= 4 is 25.7 Å². The number of ether oxygens (including phenoxy) is 3. The van der Waals surface area contributed by atoms with Gasteiger partial charge in [0, 0.05) is 19.3 Å². The molecule has 0 heterocycles. The molecule has 2 N–H and O–H groups in total. The van der Waals surface area contributed by atoms with E-state index in [-0.39, 0.29) is 25.9 Å². The predicted octanol–water partition coefficient (Wildman–Crippen LogP) is 14.5. The number of hydrogen-bond acceptors (Lipinski definition) is 10. The molecule has 0 aromatic heterocycles. The maximum absolute atomic E-state index is 12.8. The summed E-state index contributed by atoms with van der Waals surface area (Å²) in [5, 5.41) is 9.76. The molecule has 3 unspecified atom stereocenters. The summed E-state index contributed by atoms with van der Waals surface area (Å²) >= 11 is 0. The fraction of sp³-hybridized carbons (Fsp3) is 0.827. The number of rotatable bonds is 48. The molecule has 0 rings (SSSR count). The van der Waals surface area contributed by atoms with Crippen LogP contribution in [0.5, 0.6) is 0 Å². The van der Waals surface area contributed by atoms with Gasteiger partial charge in [-0.1, -0.05) is 186 Å². The molecule has 0 aliphatic heterocycles. The average Bonchev–Trinajstić information content (AvgIpc) is 3.28. The third-order valence-corrected chi connectivity index (χ3v) is 12.0. The van der Waals surface area contributed by atoms with E-state index in [1.54, 1.807) is 0 Å². The van der Waals surface area contributed by atoms with Gasteiger partial charge in [-0.15, -0.1) is 0 Å². The third kappa shape index (κ3) is 44.9. The molecule has 0 fully saturated rings. The lowest BCUT2D eigenvalue weighted by molar-refractivity contribution is -0.161. The lowest BCUT2D eigenvalue weighted by Gasteiger charge is -2.21. The van der Waals surface area contributed by atoms with Crippen LogP contribution in [-0.2, 0) is 42.2 Å². The van der Waals surface area contributed by atoms with E-state index in [1.807, 2.05) is 0 Å². The van der Waals surface area contributed by atoms with Crippen molar-refractivity contribution in [1.29, 1.82) is 0 Å². The number of phosphoric ester groups is 1. The van der Waals surface area contributed by atoms with Gasteiger partial charge in [0.15, 0.2) is 6.10 Å². The number of hydrogen-bond donors (Lipinski definition) is 2. The second-order valence-corrected chi connectivity index (χ2v) is 18.8. The van der Waals surface area contributed by atoms with E-state index in [1.165, 1.54) is 70.6 Å². The second kappa shape index (κ2) is 47.2. The minimum absolute atomic E-state index is 0.154. The number of aliphatic hydroxyl groups is 1. The van der Waals surface area contributed by atoms with Crippen LogP contribution in [0.1, 0.15) is 239 Å². The van der Waals surface area contributed by atoms with Crippen molar-refractivity contribution in [2.45, 2.75) is 251 Å². The Labute approximate surface area is 390 Å². The number of allylic oxidation sites excluding steroid dienone is 6. The molecular weight excluding hydrogens is 832 g/mol. The molecule has 64 heavy (non-hydrogen) atoms. The summed E-state index contributed by atoms with van der Waals surface area (Å²) in [7, 11) is -4.74. The lowest BCUT2D eigenvalue weighted by Crippen LogP contribution is -2.30. The van der Waals surface area contributed by atoms with Crippen LogP contribution >= 0.6 is 7.82 Å². The zero-order valence-corrected chi connectivity index (χ0v) is 41.9. The Hall–Kier alpha value is -2.30. The number of phosphoric acid groups is 1. The number of unbranched alkanes of at least 4 members (excludes halogenated alkanes) is 25. The van der Waals surface area contributed by atoms with Gasteiger partial charge < -0.3 is 24.2 Å². The first-order valence-corrected chi connectivity index (χ1v) is 27.4. The second-order valence-electron chi connectivity index (χ2n) is 17.3. The summed E-state index contributed by atoms with van der Waals surface area (Å²) in [6, 6.07) is 0. The first kappa shape index (κ1) is 61.7. The summed E-state index contributed by atoms with van der Waals surface area (Å²) < 4.78 is 39.3. The Bertz CT molecular complexity index is 1220. The molecule has 0 aromatic rings.